The highest BCUT2D eigenvalue weighted by atomic mass is 16.7. The van der Waals surface area contributed by atoms with Gasteiger partial charge in [0.05, 0.1) is 13.2 Å². The van der Waals surface area contributed by atoms with Gasteiger partial charge in [-0.05, 0) is 48.1 Å². The summed E-state index contributed by atoms with van der Waals surface area (Å²) in [5.74, 6) is -0.464. The summed E-state index contributed by atoms with van der Waals surface area (Å²) in [4.78, 5) is 2.44. The van der Waals surface area contributed by atoms with Crippen LogP contribution in [0.2, 0.25) is 0 Å². The molecule has 2 heterocycles. The molecule has 0 radical (unpaired) electrons. The van der Waals surface area contributed by atoms with Crippen molar-refractivity contribution in [2.45, 2.75) is 83.3 Å². The minimum absolute atomic E-state index is 0.0553. The van der Waals surface area contributed by atoms with Crippen molar-refractivity contribution < 1.29 is 14.2 Å². The fraction of sp³-hybridized carbons (Fsp3) is 1.00. The smallest absolute Gasteiger partial charge is 0.172 e. The van der Waals surface area contributed by atoms with E-state index >= 15 is 0 Å². The van der Waals surface area contributed by atoms with Crippen LogP contribution in [0, 0.1) is 0 Å². The number of rotatable bonds is 3. The van der Waals surface area contributed by atoms with Gasteiger partial charge >= 0.3 is 0 Å². The Kier molecular flexibility index (Phi) is 4.49. The van der Waals surface area contributed by atoms with Gasteiger partial charge in [0.2, 0.25) is 0 Å². The Balaban J connectivity index is 2.09. The minimum Gasteiger partial charge on any atom is -0.370 e. The lowest BCUT2D eigenvalue weighted by molar-refractivity contribution is -0.353. The van der Waals surface area contributed by atoms with Crippen LogP contribution in [0.4, 0.5) is 0 Å². The molecule has 4 heteroatoms. The molecule has 2 saturated heterocycles. The standard InChI is InChI=1S/C17H33NO3/c1-8-9-19-16(6)12-20-17(21-13-16)10-14(2,3)18(7)15(4,5)11-17/h8-13H2,1-7H3. The van der Waals surface area contributed by atoms with E-state index in [1.807, 2.05) is 0 Å². The summed E-state index contributed by atoms with van der Waals surface area (Å²) in [5.41, 5.74) is -0.196. The molecule has 2 rings (SSSR count). The molecule has 0 aromatic heterocycles. The summed E-state index contributed by atoms with van der Waals surface area (Å²) in [6.45, 7) is 15.3. The lowest BCUT2D eigenvalue weighted by atomic mass is 9.76. The van der Waals surface area contributed by atoms with Crippen LogP contribution < -0.4 is 0 Å². The SMILES string of the molecule is CCCOC1(C)COC2(CC(C)(C)N(C)C(C)(C)C2)OC1. The van der Waals surface area contributed by atoms with Crippen LogP contribution in [0.5, 0.6) is 0 Å². The van der Waals surface area contributed by atoms with E-state index in [9.17, 15) is 0 Å². The molecule has 21 heavy (non-hydrogen) atoms. The molecule has 0 aliphatic carbocycles. The lowest BCUT2D eigenvalue weighted by Gasteiger charge is -2.59. The highest BCUT2D eigenvalue weighted by Gasteiger charge is 2.55. The third-order valence-electron chi connectivity index (χ3n) is 5.16. The van der Waals surface area contributed by atoms with Gasteiger partial charge in [0.15, 0.2) is 5.79 Å². The van der Waals surface area contributed by atoms with Gasteiger partial charge in [-0.3, -0.25) is 4.90 Å². The normalized spacial score (nSPS) is 30.4. The summed E-state index contributed by atoms with van der Waals surface area (Å²) in [7, 11) is 2.20. The van der Waals surface area contributed by atoms with E-state index in [-0.39, 0.29) is 16.7 Å². The molecule has 2 aliphatic heterocycles. The van der Waals surface area contributed by atoms with E-state index in [0.29, 0.717) is 13.2 Å². The van der Waals surface area contributed by atoms with E-state index in [1.165, 1.54) is 0 Å². The zero-order valence-electron chi connectivity index (χ0n) is 14.9. The quantitative estimate of drug-likeness (QED) is 0.801. The predicted molar refractivity (Wildman–Crippen MR) is 84.4 cm³/mol. The predicted octanol–water partition coefficient (Wildman–Crippen LogP) is 3.20. The van der Waals surface area contributed by atoms with Crippen LogP contribution in [0.1, 0.15) is 60.8 Å². The number of hydrogen-bond acceptors (Lipinski definition) is 4. The summed E-state index contributed by atoms with van der Waals surface area (Å²) in [6, 6.07) is 0. The Labute approximate surface area is 130 Å². The van der Waals surface area contributed by atoms with Gasteiger partial charge in [-0.15, -0.1) is 0 Å². The first kappa shape index (κ1) is 17.2. The minimum atomic E-state index is -0.464. The van der Waals surface area contributed by atoms with E-state index in [0.717, 1.165) is 25.9 Å². The first-order chi connectivity index (χ1) is 9.54. The molecule has 0 unspecified atom stereocenters. The molecule has 124 valence electrons. The Morgan fingerprint density at radius 1 is 0.952 bits per heavy atom. The molecule has 1 spiro atoms. The average molecular weight is 299 g/mol. The van der Waals surface area contributed by atoms with E-state index in [2.05, 4.69) is 53.5 Å². The second-order valence-electron chi connectivity index (χ2n) is 8.32. The van der Waals surface area contributed by atoms with Crippen LogP contribution in [-0.2, 0) is 14.2 Å². The Hall–Kier alpha value is -0.160. The zero-order valence-corrected chi connectivity index (χ0v) is 14.9. The summed E-state index contributed by atoms with van der Waals surface area (Å²) in [6.07, 6.45) is 2.80. The van der Waals surface area contributed by atoms with Gasteiger partial charge in [0, 0.05) is 30.5 Å². The van der Waals surface area contributed by atoms with Crippen LogP contribution in [-0.4, -0.2) is 54.2 Å². The largest absolute Gasteiger partial charge is 0.370 e. The van der Waals surface area contributed by atoms with Crippen LogP contribution in [0.25, 0.3) is 0 Å². The summed E-state index contributed by atoms with van der Waals surface area (Å²) < 4.78 is 18.4. The van der Waals surface area contributed by atoms with Gasteiger partial charge in [0.1, 0.15) is 5.60 Å². The van der Waals surface area contributed by atoms with Crippen molar-refractivity contribution >= 4 is 0 Å². The van der Waals surface area contributed by atoms with Gasteiger partial charge in [-0.25, -0.2) is 0 Å². The molecular weight excluding hydrogens is 266 g/mol. The van der Waals surface area contributed by atoms with E-state index in [1.54, 1.807) is 0 Å². The second kappa shape index (κ2) is 5.48. The van der Waals surface area contributed by atoms with Crippen molar-refractivity contribution in [3.63, 3.8) is 0 Å². The van der Waals surface area contributed by atoms with E-state index < -0.39 is 5.79 Å². The fourth-order valence-corrected chi connectivity index (χ4v) is 3.72. The van der Waals surface area contributed by atoms with Crippen molar-refractivity contribution in [2.75, 3.05) is 26.9 Å². The van der Waals surface area contributed by atoms with Crippen molar-refractivity contribution in [2.24, 2.45) is 0 Å². The van der Waals surface area contributed by atoms with Gasteiger partial charge in [-0.2, -0.15) is 0 Å². The van der Waals surface area contributed by atoms with Crippen LogP contribution in [0.3, 0.4) is 0 Å². The van der Waals surface area contributed by atoms with Crippen molar-refractivity contribution in [1.29, 1.82) is 0 Å². The Bertz CT molecular complexity index is 350. The number of hydrogen-bond donors (Lipinski definition) is 0. The maximum Gasteiger partial charge on any atom is 0.172 e. The van der Waals surface area contributed by atoms with Crippen molar-refractivity contribution in [3.05, 3.63) is 0 Å². The molecule has 0 aromatic rings. The number of nitrogens with zero attached hydrogens (tertiary/aromatic N) is 1. The molecule has 0 atom stereocenters. The Morgan fingerprint density at radius 3 is 1.86 bits per heavy atom. The topological polar surface area (TPSA) is 30.9 Å². The highest BCUT2D eigenvalue weighted by Crippen LogP contribution is 2.47. The maximum absolute atomic E-state index is 6.26. The average Bonchev–Trinajstić information content (AvgIpc) is 2.38. The van der Waals surface area contributed by atoms with Crippen LogP contribution >= 0.6 is 0 Å². The molecule has 4 nitrogen and oxygen atoms in total. The molecule has 2 aliphatic rings. The summed E-state index contributed by atoms with van der Waals surface area (Å²) in [5, 5.41) is 0. The molecular formula is C17H33NO3. The second-order valence-corrected chi connectivity index (χ2v) is 8.32. The zero-order chi connectivity index (χ0) is 15.9. The molecule has 0 N–H and O–H groups in total. The molecule has 0 amide bonds. The first-order valence-electron chi connectivity index (χ1n) is 8.20. The van der Waals surface area contributed by atoms with E-state index in [4.69, 9.17) is 14.2 Å². The van der Waals surface area contributed by atoms with Crippen molar-refractivity contribution in [1.82, 2.24) is 4.90 Å². The number of likely N-dealkylation sites (tertiary alicyclic amines) is 1. The molecule has 0 bridgehead atoms. The fourth-order valence-electron chi connectivity index (χ4n) is 3.72. The first-order valence-corrected chi connectivity index (χ1v) is 8.20. The number of ether oxygens (including phenoxy) is 3. The molecule has 2 fully saturated rings. The van der Waals surface area contributed by atoms with Crippen molar-refractivity contribution in [3.8, 4) is 0 Å². The van der Waals surface area contributed by atoms with Gasteiger partial charge in [0.25, 0.3) is 0 Å². The maximum atomic E-state index is 6.26. The van der Waals surface area contributed by atoms with Crippen LogP contribution in [0.15, 0.2) is 0 Å². The molecule has 0 saturated carbocycles. The van der Waals surface area contributed by atoms with Gasteiger partial charge < -0.3 is 14.2 Å². The lowest BCUT2D eigenvalue weighted by Crippen LogP contribution is -2.67. The third-order valence-corrected chi connectivity index (χ3v) is 5.16. The number of piperidine rings is 1. The third kappa shape index (κ3) is 3.44. The Morgan fingerprint density at radius 2 is 1.43 bits per heavy atom. The summed E-state index contributed by atoms with van der Waals surface area (Å²) >= 11 is 0. The highest BCUT2D eigenvalue weighted by molar-refractivity contribution is 5.04. The monoisotopic (exact) mass is 299 g/mol. The van der Waals surface area contributed by atoms with Gasteiger partial charge in [-0.1, -0.05) is 6.92 Å². The molecule has 0 aromatic carbocycles.